The topological polar surface area (TPSA) is 102 Å². The molecule has 0 unspecified atom stereocenters. The summed E-state index contributed by atoms with van der Waals surface area (Å²) < 4.78 is 2.43. The monoisotopic (exact) mass is 372 g/mol. The van der Waals surface area contributed by atoms with E-state index in [2.05, 4.69) is 36.1 Å². The molecule has 0 spiro atoms. The number of halogens is 1. The van der Waals surface area contributed by atoms with Gasteiger partial charge in [0.05, 0.1) is 11.9 Å². The summed E-state index contributed by atoms with van der Waals surface area (Å²) >= 11 is 3.37. The lowest BCUT2D eigenvalue weighted by atomic mass is 10.1. The Morgan fingerprint density at radius 3 is 2.83 bits per heavy atom. The molecular weight excluding hydrogens is 360 g/mol. The van der Waals surface area contributed by atoms with Crippen molar-refractivity contribution in [2.24, 2.45) is 10.9 Å². The maximum Gasteiger partial charge on any atom is 0.157 e. The number of aromatic nitrogens is 4. The van der Waals surface area contributed by atoms with Crippen LogP contribution in [0.4, 0.5) is 0 Å². The van der Waals surface area contributed by atoms with E-state index in [-0.39, 0.29) is 5.75 Å². The quantitative estimate of drug-likeness (QED) is 0.416. The van der Waals surface area contributed by atoms with Gasteiger partial charge in [-0.05, 0) is 30.7 Å². The molecule has 0 fully saturated rings. The van der Waals surface area contributed by atoms with Crippen molar-refractivity contribution in [1.82, 2.24) is 19.7 Å². The maximum absolute atomic E-state index is 10.1. The van der Waals surface area contributed by atoms with Gasteiger partial charge < -0.3 is 10.9 Å². The van der Waals surface area contributed by atoms with Crippen molar-refractivity contribution < 1.29 is 5.11 Å². The third kappa shape index (κ3) is 3.07. The first-order valence-corrected chi connectivity index (χ1v) is 7.48. The summed E-state index contributed by atoms with van der Waals surface area (Å²) in [5.41, 5.74) is 2.33. The van der Waals surface area contributed by atoms with Crippen molar-refractivity contribution in [3.05, 3.63) is 64.3 Å². The molecule has 0 saturated carbocycles. The van der Waals surface area contributed by atoms with Gasteiger partial charge in [-0.15, -0.1) is 0 Å². The second-order valence-corrected chi connectivity index (χ2v) is 5.78. The summed E-state index contributed by atoms with van der Waals surface area (Å²) in [4.78, 5) is 8.40. The lowest BCUT2D eigenvalue weighted by Gasteiger charge is -2.09. The number of benzene rings is 1. The highest BCUT2D eigenvalue weighted by Gasteiger charge is 2.15. The summed E-state index contributed by atoms with van der Waals surface area (Å²) in [6.07, 6.45) is 4.99. The van der Waals surface area contributed by atoms with E-state index in [1.165, 1.54) is 6.33 Å². The average Bonchev–Trinajstić information content (AvgIpc) is 2.98. The number of hydrogen-bond donors (Lipinski definition) is 2. The molecule has 23 heavy (non-hydrogen) atoms. The van der Waals surface area contributed by atoms with Crippen molar-refractivity contribution in [3.63, 3.8) is 0 Å². The minimum Gasteiger partial charge on any atom is -0.507 e. The molecule has 0 saturated heterocycles. The van der Waals surface area contributed by atoms with Crippen molar-refractivity contribution in [2.75, 3.05) is 0 Å². The molecule has 116 valence electrons. The minimum atomic E-state index is 0.0625. The van der Waals surface area contributed by atoms with Crippen molar-refractivity contribution in [1.29, 1.82) is 0 Å². The van der Waals surface area contributed by atoms with Gasteiger partial charge in [0.2, 0.25) is 0 Å². The molecule has 1 aromatic carbocycles. The first-order chi connectivity index (χ1) is 11.1. The van der Waals surface area contributed by atoms with Crippen LogP contribution in [0.1, 0.15) is 16.8 Å². The lowest BCUT2D eigenvalue weighted by Crippen LogP contribution is -2.11. The van der Waals surface area contributed by atoms with Gasteiger partial charge in [0.1, 0.15) is 17.8 Å². The van der Waals surface area contributed by atoms with Crippen LogP contribution in [0.5, 0.6) is 5.75 Å². The predicted molar refractivity (Wildman–Crippen MR) is 89.5 cm³/mol. The van der Waals surface area contributed by atoms with Gasteiger partial charge in [-0.3, -0.25) is 0 Å². The number of aryl methyl sites for hydroxylation is 1. The number of aromatic hydroxyl groups is 1. The molecule has 0 atom stereocenters. The highest BCUT2D eigenvalue weighted by molar-refractivity contribution is 9.10. The molecule has 0 aliphatic heterocycles. The smallest absolute Gasteiger partial charge is 0.157 e. The van der Waals surface area contributed by atoms with Gasteiger partial charge in [-0.2, -0.15) is 10.2 Å². The SMILES string of the molecule is Cc1cnn(-c2cc(/C(=N/N)c3cc(Br)ccc3O)ncn2)c1. The molecular formula is C15H13BrN6O. The van der Waals surface area contributed by atoms with Gasteiger partial charge in [0.15, 0.2) is 5.82 Å². The summed E-state index contributed by atoms with van der Waals surface area (Å²) in [6.45, 7) is 1.94. The Bertz CT molecular complexity index is 889. The Labute approximate surface area is 140 Å². The van der Waals surface area contributed by atoms with Gasteiger partial charge in [-0.1, -0.05) is 15.9 Å². The largest absolute Gasteiger partial charge is 0.507 e. The van der Waals surface area contributed by atoms with E-state index in [9.17, 15) is 5.11 Å². The molecule has 0 aliphatic carbocycles. The molecule has 2 heterocycles. The number of phenolic OH excluding ortho intramolecular Hbond substituents is 1. The van der Waals surface area contributed by atoms with Gasteiger partial charge >= 0.3 is 0 Å². The fraction of sp³-hybridized carbons (Fsp3) is 0.0667. The normalized spacial score (nSPS) is 11.7. The molecule has 3 aromatic rings. The number of nitrogens with zero attached hydrogens (tertiary/aromatic N) is 5. The van der Waals surface area contributed by atoms with Crippen LogP contribution in [0.2, 0.25) is 0 Å². The zero-order valence-electron chi connectivity index (χ0n) is 12.2. The Kier molecular flexibility index (Phi) is 4.07. The van der Waals surface area contributed by atoms with Crippen LogP contribution in [-0.2, 0) is 0 Å². The Morgan fingerprint density at radius 1 is 1.30 bits per heavy atom. The predicted octanol–water partition coefficient (Wildman–Crippen LogP) is 2.15. The van der Waals surface area contributed by atoms with E-state index in [0.717, 1.165) is 10.0 Å². The lowest BCUT2D eigenvalue weighted by molar-refractivity contribution is 0.474. The molecule has 0 amide bonds. The summed E-state index contributed by atoms with van der Waals surface area (Å²) in [5.74, 6) is 6.17. The van der Waals surface area contributed by atoms with E-state index in [4.69, 9.17) is 5.84 Å². The average molecular weight is 373 g/mol. The molecule has 3 N–H and O–H groups in total. The van der Waals surface area contributed by atoms with Gasteiger partial charge in [-0.25, -0.2) is 14.6 Å². The van der Waals surface area contributed by atoms with Gasteiger partial charge in [0.25, 0.3) is 0 Å². The summed E-state index contributed by atoms with van der Waals surface area (Å²) in [6, 6.07) is 6.72. The number of rotatable bonds is 3. The Balaban J connectivity index is 2.08. The van der Waals surface area contributed by atoms with E-state index < -0.39 is 0 Å². The van der Waals surface area contributed by atoms with Crippen LogP contribution >= 0.6 is 15.9 Å². The molecule has 0 aliphatic rings. The number of hydrogen-bond acceptors (Lipinski definition) is 6. The van der Waals surface area contributed by atoms with Crippen LogP contribution in [0.15, 0.2) is 52.6 Å². The fourth-order valence-electron chi connectivity index (χ4n) is 2.11. The van der Waals surface area contributed by atoms with Crippen molar-refractivity contribution in [3.8, 4) is 11.6 Å². The van der Waals surface area contributed by atoms with Crippen LogP contribution in [0, 0.1) is 6.92 Å². The van der Waals surface area contributed by atoms with Crippen LogP contribution < -0.4 is 5.84 Å². The molecule has 7 nitrogen and oxygen atoms in total. The standard InChI is InChI=1S/C15H13BrN6O/c1-9-6-20-22(7-9)14-5-12(18-8-19-14)15(21-17)11-4-10(16)2-3-13(11)23/h2-8,23H,17H2,1H3/b21-15+. The zero-order chi connectivity index (χ0) is 16.4. The molecule has 2 aromatic heterocycles. The van der Waals surface area contributed by atoms with E-state index in [1.807, 2.05) is 13.1 Å². The first-order valence-electron chi connectivity index (χ1n) is 6.69. The number of hydrazone groups is 1. The highest BCUT2D eigenvalue weighted by atomic mass is 79.9. The number of nitrogens with two attached hydrogens (primary N) is 1. The summed E-state index contributed by atoms with van der Waals surface area (Å²) in [7, 11) is 0. The Morgan fingerprint density at radius 2 is 2.13 bits per heavy atom. The molecule has 0 bridgehead atoms. The van der Waals surface area contributed by atoms with Crippen LogP contribution in [-0.4, -0.2) is 30.6 Å². The van der Waals surface area contributed by atoms with Crippen LogP contribution in [0.3, 0.4) is 0 Å². The van der Waals surface area contributed by atoms with E-state index in [0.29, 0.717) is 22.8 Å². The fourth-order valence-corrected chi connectivity index (χ4v) is 2.47. The minimum absolute atomic E-state index is 0.0625. The summed E-state index contributed by atoms with van der Waals surface area (Å²) in [5, 5.41) is 18.1. The second-order valence-electron chi connectivity index (χ2n) is 4.86. The first kappa shape index (κ1) is 15.2. The maximum atomic E-state index is 10.1. The van der Waals surface area contributed by atoms with E-state index >= 15 is 0 Å². The van der Waals surface area contributed by atoms with Gasteiger partial charge in [0, 0.05) is 22.3 Å². The Hall–Kier alpha value is -2.74. The number of phenols is 1. The van der Waals surface area contributed by atoms with Crippen LogP contribution in [0.25, 0.3) is 5.82 Å². The zero-order valence-corrected chi connectivity index (χ0v) is 13.8. The molecule has 3 rings (SSSR count). The van der Waals surface area contributed by atoms with E-state index in [1.54, 1.807) is 35.1 Å². The third-order valence-corrected chi connectivity index (χ3v) is 3.68. The molecule has 8 heteroatoms. The molecule has 0 radical (unpaired) electrons. The second kappa shape index (κ2) is 6.17. The third-order valence-electron chi connectivity index (χ3n) is 3.18. The highest BCUT2D eigenvalue weighted by Crippen LogP contribution is 2.24. The van der Waals surface area contributed by atoms with Crippen molar-refractivity contribution in [2.45, 2.75) is 6.92 Å². The van der Waals surface area contributed by atoms with Crippen molar-refractivity contribution >= 4 is 21.6 Å².